The van der Waals surface area contributed by atoms with Crippen molar-refractivity contribution in [3.63, 3.8) is 0 Å². The second-order valence-corrected chi connectivity index (χ2v) is 9.40. The highest BCUT2D eigenvalue weighted by Gasteiger charge is 2.40. The molecule has 2 aliphatic rings. The van der Waals surface area contributed by atoms with E-state index in [2.05, 4.69) is 5.32 Å². The fraction of sp³-hybridized carbons (Fsp3) is 0.400. The average molecular weight is 468 g/mol. The van der Waals surface area contributed by atoms with E-state index in [1.165, 1.54) is 16.7 Å². The van der Waals surface area contributed by atoms with E-state index >= 15 is 0 Å². The number of hydrogen-bond acceptors (Lipinski definition) is 5. The van der Waals surface area contributed by atoms with Gasteiger partial charge in [0.05, 0.1) is 12.8 Å². The number of benzene rings is 2. The largest absolute Gasteiger partial charge is 0.497 e. The van der Waals surface area contributed by atoms with E-state index in [0.717, 1.165) is 41.9 Å². The lowest BCUT2D eigenvalue weighted by Crippen LogP contribution is -2.52. The first-order chi connectivity index (χ1) is 16.1. The van der Waals surface area contributed by atoms with E-state index in [0.29, 0.717) is 25.3 Å². The van der Waals surface area contributed by atoms with Gasteiger partial charge < -0.3 is 19.9 Å². The molecule has 2 aromatic rings. The fourth-order valence-corrected chi connectivity index (χ4v) is 5.32. The fourth-order valence-electron chi connectivity index (χ4n) is 4.14. The van der Waals surface area contributed by atoms with Crippen molar-refractivity contribution in [2.75, 3.05) is 31.6 Å². The van der Waals surface area contributed by atoms with Crippen LogP contribution in [0.25, 0.3) is 0 Å². The number of anilines is 1. The van der Waals surface area contributed by atoms with Crippen LogP contribution in [0.4, 0.5) is 5.69 Å². The molecular formula is C25H29N3O4S. The van der Waals surface area contributed by atoms with Crippen molar-refractivity contribution >= 4 is 35.2 Å². The maximum Gasteiger partial charge on any atom is 0.250 e. The van der Waals surface area contributed by atoms with E-state index in [-0.39, 0.29) is 24.3 Å². The first-order valence-corrected chi connectivity index (χ1v) is 12.2. The van der Waals surface area contributed by atoms with Gasteiger partial charge in [-0.2, -0.15) is 0 Å². The molecule has 3 amide bonds. The smallest absolute Gasteiger partial charge is 0.250 e. The summed E-state index contributed by atoms with van der Waals surface area (Å²) in [5.74, 6) is -0.00218. The molecule has 0 unspecified atom stereocenters. The van der Waals surface area contributed by atoms with E-state index in [1.54, 1.807) is 7.11 Å². The Morgan fingerprint density at radius 2 is 1.73 bits per heavy atom. The van der Waals surface area contributed by atoms with Crippen molar-refractivity contribution in [3.8, 4) is 5.75 Å². The Morgan fingerprint density at radius 3 is 2.42 bits per heavy atom. The highest BCUT2D eigenvalue weighted by Crippen LogP contribution is 2.39. The third kappa shape index (κ3) is 5.50. The summed E-state index contributed by atoms with van der Waals surface area (Å²) < 4.78 is 5.16. The summed E-state index contributed by atoms with van der Waals surface area (Å²) >= 11 is 1.29. The lowest BCUT2D eigenvalue weighted by molar-refractivity contribution is -0.135. The van der Waals surface area contributed by atoms with Gasteiger partial charge in [-0.15, -0.1) is 11.8 Å². The molecule has 1 saturated heterocycles. The minimum absolute atomic E-state index is 0.129. The van der Waals surface area contributed by atoms with Gasteiger partial charge in [-0.1, -0.05) is 37.1 Å². The molecule has 1 N–H and O–H groups in total. The summed E-state index contributed by atoms with van der Waals surface area (Å²) in [6.07, 6.45) is 4.15. The second kappa shape index (κ2) is 10.7. The molecule has 0 bridgehead atoms. The summed E-state index contributed by atoms with van der Waals surface area (Å²) in [5, 5.41) is 2.02. The van der Waals surface area contributed by atoms with E-state index in [4.69, 9.17) is 4.74 Å². The highest BCUT2D eigenvalue weighted by atomic mass is 32.2. The first kappa shape index (κ1) is 23.2. The van der Waals surface area contributed by atoms with Gasteiger partial charge in [-0.05, 0) is 42.7 Å². The minimum Gasteiger partial charge on any atom is -0.497 e. The topological polar surface area (TPSA) is 79.0 Å². The molecule has 174 valence electrons. The monoisotopic (exact) mass is 467 g/mol. The average Bonchev–Trinajstić information content (AvgIpc) is 3.14. The molecule has 0 saturated carbocycles. The molecular weight excluding hydrogens is 438 g/mol. The van der Waals surface area contributed by atoms with Crippen molar-refractivity contribution in [2.45, 2.75) is 42.4 Å². The van der Waals surface area contributed by atoms with Crippen molar-refractivity contribution in [3.05, 3.63) is 54.1 Å². The number of carbonyl (C=O) groups is 3. The molecule has 0 aromatic heterocycles. The third-order valence-electron chi connectivity index (χ3n) is 5.98. The Kier molecular flexibility index (Phi) is 7.54. The maximum atomic E-state index is 13.4. The van der Waals surface area contributed by atoms with Gasteiger partial charge in [-0.3, -0.25) is 14.4 Å². The Bertz CT molecular complexity index is 1000. The van der Waals surface area contributed by atoms with Crippen LogP contribution < -0.4 is 15.0 Å². The van der Waals surface area contributed by atoms with Gasteiger partial charge >= 0.3 is 0 Å². The molecule has 0 aliphatic carbocycles. The lowest BCUT2D eigenvalue weighted by Gasteiger charge is -2.34. The maximum absolute atomic E-state index is 13.4. The van der Waals surface area contributed by atoms with Crippen molar-refractivity contribution in [1.29, 1.82) is 0 Å². The molecule has 8 heteroatoms. The number of carbonyl (C=O) groups excluding carboxylic acids is 3. The predicted octanol–water partition coefficient (Wildman–Crippen LogP) is 3.22. The summed E-state index contributed by atoms with van der Waals surface area (Å²) in [4.78, 5) is 43.5. The number of fused-ring (bicyclic) bond motifs is 1. The zero-order valence-corrected chi connectivity index (χ0v) is 19.6. The van der Waals surface area contributed by atoms with Crippen LogP contribution in [0.2, 0.25) is 0 Å². The molecule has 2 heterocycles. The standard InChI is InChI=1S/C25H29N3O4S/c1-32-19-12-10-18(11-13-19)16-26-22(29)17-28-20-8-4-5-9-21(20)33-23(25(28)31)24(30)27-14-6-2-3-7-15-27/h4-5,8-13,23H,2-3,6-7,14-17H2,1H3,(H,26,29)/t23-/m0/s1. The van der Waals surface area contributed by atoms with Crippen LogP contribution in [0.15, 0.2) is 53.4 Å². The van der Waals surface area contributed by atoms with E-state index < -0.39 is 5.25 Å². The molecule has 1 fully saturated rings. The first-order valence-electron chi connectivity index (χ1n) is 11.3. The van der Waals surface area contributed by atoms with Crippen molar-refractivity contribution in [2.24, 2.45) is 0 Å². The molecule has 4 rings (SSSR count). The van der Waals surface area contributed by atoms with Crippen molar-refractivity contribution in [1.82, 2.24) is 10.2 Å². The molecule has 2 aliphatic heterocycles. The van der Waals surface area contributed by atoms with Gasteiger partial charge in [0.15, 0.2) is 5.25 Å². The number of likely N-dealkylation sites (tertiary alicyclic amines) is 1. The number of nitrogens with one attached hydrogen (secondary N) is 1. The van der Waals surface area contributed by atoms with Gasteiger partial charge in [0.25, 0.3) is 5.91 Å². The molecule has 7 nitrogen and oxygen atoms in total. The van der Waals surface area contributed by atoms with E-state index in [1.807, 2.05) is 53.4 Å². The van der Waals surface area contributed by atoms with Crippen LogP contribution in [0.5, 0.6) is 5.75 Å². The number of nitrogens with zero attached hydrogens (tertiary/aromatic N) is 2. The summed E-state index contributed by atoms with van der Waals surface area (Å²) in [7, 11) is 1.60. The van der Waals surface area contributed by atoms with Crippen LogP contribution in [0.3, 0.4) is 0 Å². The molecule has 0 radical (unpaired) electrons. The van der Waals surface area contributed by atoms with Crippen LogP contribution in [0.1, 0.15) is 31.2 Å². The Balaban J connectivity index is 1.46. The molecule has 2 aromatic carbocycles. The van der Waals surface area contributed by atoms with E-state index in [9.17, 15) is 14.4 Å². The quantitative estimate of drug-likeness (QED) is 0.660. The second-order valence-electron chi connectivity index (χ2n) is 8.25. The van der Waals surface area contributed by atoms with Gasteiger partial charge in [0, 0.05) is 24.5 Å². The number of thioether (sulfide) groups is 1. The SMILES string of the molecule is COc1ccc(CNC(=O)CN2C(=O)[C@H](C(=O)N3CCCCCC3)Sc3ccccc32)cc1. The number of para-hydroxylation sites is 1. The van der Waals surface area contributed by atoms with Crippen LogP contribution in [0, 0.1) is 0 Å². The number of ether oxygens (including phenoxy) is 1. The zero-order chi connectivity index (χ0) is 23.2. The summed E-state index contributed by atoms with van der Waals surface area (Å²) in [6, 6.07) is 14.9. The molecule has 33 heavy (non-hydrogen) atoms. The Labute approximate surface area is 198 Å². The third-order valence-corrected chi connectivity index (χ3v) is 7.22. The minimum atomic E-state index is -0.854. The highest BCUT2D eigenvalue weighted by molar-refractivity contribution is 8.01. The van der Waals surface area contributed by atoms with Crippen LogP contribution in [-0.4, -0.2) is 54.6 Å². The Hall–Kier alpha value is -3.00. The van der Waals surface area contributed by atoms with Gasteiger partial charge in [0.1, 0.15) is 12.3 Å². The van der Waals surface area contributed by atoms with Gasteiger partial charge in [-0.25, -0.2) is 0 Å². The normalized spacial score (nSPS) is 18.3. The Morgan fingerprint density at radius 1 is 1.03 bits per heavy atom. The number of amides is 3. The number of rotatable bonds is 6. The molecule has 1 atom stereocenters. The number of hydrogen-bond donors (Lipinski definition) is 1. The van der Waals surface area contributed by atoms with Gasteiger partial charge in [0.2, 0.25) is 11.8 Å². The summed E-state index contributed by atoms with van der Waals surface area (Å²) in [5.41, 5.74) is 1.60. The molecule has 0 spiro atoms. The summed E-state index contributed by atoms with van der Waals surface area (Å²) in [6.45, 7) is 1.59. The number of methoxy groups -OCH3 is 1. The van der Waals surface area contributed by atoms with Crippen LogP contribution in [-0.2, 0) is 20.9 Å². The predicted molar refractivity (Wildman–Crippen MR) is 128 cm³/mol. The zero-order valence-electron chi connectivity index (χ0n) is 18.8. The lowest BCUT2D eigenvalue weighted by atomic mass is 10.2. The van der Waals surface area contributed by atoms with Crippen LogP contribution >= 0.6 is 11.8 Å². The van der Waals surface area contributed by atoms with Crippen molar-refractivity contribution < 1.29 is 19.1 Å².